The van der Waals surface area contributed by atoms with Crippen molar-refractivity contribution in [1.82, 2.24) is 19.1 Å². The van der Waals surface area contributed by atoms with Crippen LogP contribution in [0.25, 0.3) is 11.2 Å². The van der Waals surface area contributed by atoms with Gasteiger partial charge in [0.2, 0.25) is 5.95 Å². The van der Waals surface area contributed by atoms with Crippen LogP contribution in [0.4, 0.5) is 5.95 Å². The van der Waals surface area contributed by atoms with Crippen LogP contribution in [0.15, 0.2) is 33.9 Å². The zero-order valence-corrected chi connectivity index (χ0v) is 14.8. The molecule has 0 aliphatic carbocycles. The Morgan fingerprint density at radius 2 is 1.96 bits per heavy atom. The van der Waals surface area contributed by atoms with Crippen molar-refractivity contribution in [3.63, 3.8) is 0 Å². The summed E-state index contributed by atoms with van der Waals surface area (Å²) < 4.78 is 13.2. The lowest BCUT2D eigenvalue weighted by molar-refractivity contribution is 0.0938. The molecule has 0 bridgehead atoms. The molecular formula is C16H20N6O5. The van der Waals surface area contributed by atoms with Crippen molar-refractivity contribution in [3.05, 3.63) is 45.1 Å². The number of hydrogen-bond donors (Lipinski definition) is 4. The van der Waals surface area contributed by atoms with Crippen molar-refractivity contribution < 1.29 is 14.6 Å². The number of nitrogens with zero attached hydrogens (tertiary/aromatic N) is 3. The maximum Gasteiger partial charge on any atom is 0.329 e. The Balaban J connectivity index is 1.81. The number of nitrogen functional groups attached to an aromatic ring is 1. The van der Waals surface area contributed by atoms with Gasteiger partial charge in [0, 0.05) is 7.05 Å². The van der Waals surface area contributed by atoms with Gasteiger partial charge in [0.25, 0.3) is 5.56 Å². The van der Waals surface area contributed by atoms with Crippen LogP contribution in [-0.2, 0) is 13.6 Å². The van der Waals surface area contributed by atoms with Crippen LogP contribution in [0, 0.1) is 0 Å². The first-order valence-corrected chi connectivity index (χ1v) is 8.05. The van der Waals surface area contributed by atoms with Gasteiger partial charge in [-0.3, -0.25) is 19.8 Å². The number of nitrogens with two attached hydrogens (primary N) is 1. The number of H-pyrrole nitrogens is 1. The molecule has 11 heteroatoms. The summed E-state index contributed by atoms with van der Waals surface area (Å²) in [4.78, 5) is 30.3. The van der Waals surface area contributed by atoms with E-state index in [0.29, 0.717) is 11.5 Å². The fourth-order valence-electron chi connectivity index (χ4n) is 2.65. The number of imidazole rings is 1. The molecule has 0 saturated heterocycles. The molecule has 27 heavy (non-hydrogen) atoms. The van der Waals surface area contributed by atoms with Crippen LogP contribution in [0.1, 0.15) is 0 Å². The summed E-state index contributed by atoms with van der Waals surface area (Å²) in [5.74, 6) is 6.85. The number of aryl methyl sites for hydroxylation is 1. The summed E-state index contributed by atoms with van der Waals surface area (Å²) in [6.07, 6.45) is -0.965. The number of fused-ring (bicyclic) bond motifs is 1. The molecule has 0 radical (unpaired) electrons. The molecule has 0 fully saturated rings. The van der Waals surface area contributed by atoms with Gasteiger partial charge in [0.1, 0.15) is 24.2 Å². The third-order valence-corrected chi connectivity index (χ3v) is 4.03. The van der Waals surface area contributed by atoms with E-state index in [1.54, 1.807) is 31.4 Å². The summed E-state index contributed by atoms with van der Waals surface area (Å²) in [6, 6.07) is 6.90. The predicted molar refractivity (Wildman–Crippen MR) is 97.9 cm³/mol. The first-order valence-electron chi connectivity index (χ1n) is 8.05. The van der Waals surface area contributed by atoms with E-state index in [1.165, 1.54) is 16.2 Å². The summed E-state index contributed by atoms with van der Waals surface area (Å²) in [5, 5.41) is 10.3. The van der Waals surface area contributed by atoms with Crippen molar-refractivity contribution in [3.8, 4) is 11.5 Å². The maximum absolute atomic E-state index is 12.2. The van der Waals surface area contributed by atoms with Crippen molar-refractivity contribution >= 4 is 17.1 Å². The Morgan fingerprint density at radius 1 is 1.30 bits per heavy atom. The fraction of sp³-hybridized carbons (Fsp3) is 0.312. The third kappa shape index (κ3) is 3.64. The number of hydrogen-bond acceptors (Lipinski definition) is 8. The molecule has 0 unspecified atom stereocenters. The van der Waals surface area contributed by atoms with Crippen LogP contribution >= 0.6 is 0 Å². The van der Waals surface area contributed by atoms with E-state index in [-0.39, 0.29) is 30.3 Å². The highest BCUT2D eigenvalue weighted by Crippen LogP contribution is 2.18. The molecular weight excluding hydrogens is 356 g/mol. The average molecular weight is 376 g/mol. The minimum atomic E-state index is -0.965. The Kier molecular flexibility index (Phi) is 5.14. The van der Waals surface area contributed by atoms with Crippen LogP contribution in [0.3, 0.4) is 0 Å². The molecule has 3 aromatic rings. The molecule has 5 N–H and O–H groups in total. The largest absolute Gasteiger partial charge is 0.497 e. The molecule has 11 nitrogen and oxygen atoms in total. The van der Waals surface area contributed by atoms with Gasteiger partial charge in [0.15, 0.2) is 11.2 Å². The number of aromatic nitrogens is 4. The Labute approximate surface area is 152 Å². The Morgan fingerprint density at radius 3 is 2.59 bits per heavy atom. The summed E-state index contributed by atoms with van der Waals surface area (Å²) in [7, 11) is 3.04. The number of anilines is 1. The second kappa shape index (κ2) is 7.51. The maximum atomic E-state index is 12.2. The molecule has 0 saturated carbocycles. The SMILES string of the molecule is COc1ccc(OC[C@H](O)Cn2c(NN)nc3c2c(=O)[nH]c(=O)n3C)cc1. The standard InChI is InChI=1S/C16H20N6O5/c1-21-13-12(14(24)19-16(21)25)22(15(18-13)20-17)7-9(23)8-27-11-5-3-10(26-2)4-6-11/h3-6,9,23H,7-8,17H2,1-2H3,(H,18,20)(H,19,24,25)/t9-/m1/s1. The molecule has 0 spiro atoms. The summed E-state index contributed by atoms with van der Waals surface area (Å²) in [5.41, 5.74) is 1.43. The predicted octanol–water partition coefficient (Wildman–Crippen LogP) is -0.843. The monoisotopic (exact) mass is 376 g/mol. The lowest BCUT2D eigenvalue weighted by Gasteiger charge is -2.15. The number of aliphatic hydroxyl groups is 1. The minimum absolute atomic E-state index is 0.0204. The van der Waals surface area contributed by atoms with Crippen LogP contribution in [0.2, 0.25) is 0 Å². The molecule has 1 atom stereocenters. The number of aliphatic hydroxyl groups excluding tert-OH is 1. The van der Waals surface area contributed by atoms with Crippen molar-refractivity contribution in [1.29, 1.82) is 0 Å². The molecule has 0 aliphatic rings. The first-order chi connectivity index (χ1) is 12.9. The van der Waals surface area contributed by atoms with Crippen molar-refractivity contribution in [2.24, 2.45) is 12.9 Å². The third-order valence-electron chi connectivity index (χ3n) is 4.03. The van der Waals surface area contributed by atoms with Gasteiger partial charge in [-0.15, -0.1) is 0 Å². The molecule has 0 amide bonds. The van der Waals surface area contributed by atoms with Crippen molar-refractivity contribution in [2.75, 3.05) is 19.1 Å². The van der Waals surface area contributed by atoms with Gasteiger partial charge in [-0.05, 0) is 24.3 Å². The number of hydrazine groups is 1. The molecule has 0 aliphatic heterocycles. The number of benzene rings is 1. The van der Waals surface area contributed by atoms with Gasteiger partial charge in [-0.1, -0.05) is 0 Å². The second-order valence-corrected chi connectivity index (χ2v) is 5.82. The quantitative estimate of drug-likeness (QED) is 0.308. The lowest BCUT2D eigenvalue weighted by Crippen LogP contribution is -2.31. The fourth-order valence-corrected chi connectivity index (χ4v) is 2.65. The zero-order valence-electron chi connectivity index (χ0n) is 14.8. The van der Waals surface area contributed by atoms with Gasteiger partial charge in [-0.25, -0.2) is 10.6 Å². The van der Waals surface area contributed by atoms with Gasteiger partial charge in [0.05, 0.1) is 13.7 Å². The number of methoxy groups -OCH3 is 1. The summed E-state index contributed by atoms with van der Waals surface area (Å²) in [6.45, 7) is -0.0485. The normalized spacial score (nSPS) is 12.1. The van der Waals surface area contributed by atoms with Crippen LogP contribution < -0.4 is 32.0 Å². The highest BCUT2D eigenvalue weighted by molar-refractivity contribution is 5.74. The summed E-state index contributed by atoms with van der Waals surface area (Å²) >= 11 is 0. The highest BCUT2D eigenvalue weighted by atomic mass is 16.5. The average Bonchev–Trinajstić information content (AvgIpc) is 3.04. The van der Waals surface area contributed by atoms with E-state index in [9.17, 15) is 14.7 Å². The van der Waals surface area contributed by atoms with E-state index in [1.807, 2.05) is 0 Å². The van der Waals surface area contributed by atoms with E-state index in [4.69, 9.17) is 15.3 Å². The first kappa shape index (κ1) is 18.5. The molecule has 2 aromatic heterocycles. The smallest absolute Gasteiger partial charge is 0.329 e. The van der Waals surface area contributed by atoms with E-state index in [0.717, 1.165) is 0 Å². The Hall–Kier alpha value is -3.31. The van der Waals surface area contributed by atoms with Gasteiger partial charge in [-0.2, -0.15) is 4.98 Å². The molecule has 144 valence electrons. The van der Waals surface area contributed by atoms with Crippen LogP contribution in [0.5, 0.6) is 11.5 Å². The number of ether oxygens (including phenoxy) is 2. The molecule has 3 rings (SSSR count). The second-order valence-electron chi connectivity index (χ2n) is 5.82. The molecule has 2 heterocycles. The van der Waals surface area contributed by atoms with E-state index < -0.39 is 17.4 Å². The van der Waals surface area contributed by atoms with Gasteiger partial charge >= 0.3 is 5.69 Å². The van der Waals surface area contributed by atoms with E-state index in [2.05, 4.69) is 15.4 Å². The topological polar surface area (TPSA) is 149 Å². The molecule has 1 aromatic carbocycles. The highest BCUT2D eigenvalue weighted by Gasteiger charge is 2.19. The van der Waals surface area contributed by atoms with Crippen molar-refractivity contribution in [2.45, 2.75) is 12.6 Å². The van der Waals surface area contributed by atoms with Gasteiger partial charge < -0.3 is 19.1 Å². The number of rotatable bonds is 7. The number of aromatic amines is 1. The minimum Gasteiger partial charge on any atom is -0.497 e. The van der Waals surface area contributed by atoms with Crippen LogP contribution in [-0.4, -0.2) is 44.0 Å². The van der Waals surface area contributed by atoms with E-state index >= 15 is 0 Å². The Bertz CT molecular complexity index is 1050. The zero-order chi connectivity index (χ0) is 19.6. The lowest BCUT2D eigenvalue weighted by atomic mass is 10.3. The number of nitrogens with one attached hydrogen (secondary N) is 2.